The Hall–Kier alpha value is -3.42. The summed E-state index contributed by atoms with van der Waals surface area (Å²) in [5.74, 6) is -2.32. The zero-order chi connectivity index (χ0) is 23.1. The van der Waals surface area contributed by atoms with E-state index in [1.54, 1.807) is 12.1 Å². The van der Waals surface area contributed by atoms with Crippen molar-refractivity contribution in [3.8, 4) is 28.7 Å². The molecule has 0 unspecified atom stereocenters. The number of ether oxygens (including phenoxy) is 4. The van der Waals surface area contributed by atoms with E-state index in [1.807, 2.05) is 13.8 Å². The number of phenols is 1. The smallest absolute Gasteiger partial charge is 0.347 e. The number of aromatic hydroxyl groups is 1. The van der Waals surface area contributed by atoms with E-state index < -0.39 is 17.7 Å². The lowest BCUT2D eigenvalue weighted by molar-refractivity contribution is 0.0676. The van der Waals surface area contributed by atoms with E-state index in [0.717, 1.165) is 6.42 Å². The average Bonchev–Trinajstić information content (AvgIpc) is 2.74. The first-order chi connectivity index (χ1) is 14.8. The van der Waals surface area contributed by atoms with Crippen LogP contribution in [0.4, 0.5) is 0 Å². The van der Waals surface area contributed by atoms with Crippen molar-refractivity contribution in [1.29, 1.82) is 0 Å². The lowest BCUT2D eigenvalue weighted by Crippen LogP contribution is -2.15. The quantitative estimate of drug-likeness (QED) is 0.424. The van der Waals surface area contributed by atoms with Gasteiger partial charge in [0.25, 0.3) is 0 Å². The van der Waals surface area contributed by atoms with Crippen molar-refractivity contribution in [1.82, 2.24) is 0 Å². The molecule has 0 amide bonds. The van der Waals surface area contributed by atoms with Crippen LogP contribution in [0, 0.1) is 0 Å². The SMILES string of the molecule is CCCc1cc(OC)cc(OC)c1C(=O)Oc1c(OC)cc(CCC)c(C(=O)O)c1O. The van der Waals surface area contributed by atoms with Gasteiger partial charge in [-0.25, -0.2) is 9.59 Å². The Balaban J connectivity index is 2.62. The summed E-state index contributed by atoms with van der Waals surface area (Å²) in [6.07, 6.45) is 2.37. The fourth-order valence-electron chi connectivity index (χ4n) is 3.40. The molecule has 168 valence electrons. The van der Waals surface area contributed by atoms with Gasteiger partial charge in [0.15, 0.2) is 11.5 Å². The molecule has 0 saturated heterocycles. The normalized spacial score (nSPS) is 10.5. The number of hydrogen-bond donors (Lipinski definition) is 2. The molecule has 0 aliphatic heterocycles. The van der Waals surface area contributed by atoms with Gasteiger partial charge in [0.2, 0.25) is 5.75 Å². The van der Waals surface area contributed by atoms with Crippen molar-refractivity contribution in [2.24, 2.45) is 0 Å². The summed E-state index contributed by atoms with van der Waals surface area (Å²) in [5.41, 5.74) is 0.878. The highest BCUT2D eigenvalue weighted by Crippen LogP contribution is 2.43. The minimum absolute atomic E-state index is 0.0591. The predicted octanol–water partition coefficient (Wildman–Crippen LogP) is 4.24. The van der Waals surface area contributed by atoms with E-state index in [2.05, 4.69) is 0 Å². The van der Waals surface area contributed by atoms with Gasteiger partial charge in [-0.05, 0) is 36.1 Å². The summed E-state index contributed by atoms with van der Waals surface area (Å²) in [4.78, 5) is 24.9. The number of rotatable bonds is 10. The molecular formula is C23H28O8. The fraction of sp³-hybridized carbons (Fsp3) is 0.391. The molecule has 8 nitrogen and oxygen atoms in total. The van der Waals surface area contributed by atoms with E-state index in [0.29, 0.717) is 36.1 Å². The second-order valence-corrected chi connectivity index (χ2v) is 6.85. The number of esters is 1. The molecule has 0 atom stereocenters. The number of hydrogen-bond acceptors (Lipinski definition) is 7. The molecule has 0 aliphatic rings. The molecule has 0 spiro atoms. The molecule has 2 N–H and O–H groups in total. The van der Waals surface area contributed by atoms with Crippen molar-refractivity contribution in [2.45, 2.75) is 39.5 Å². The first-order valence-electron chi connectivity index (χ1n) is 9.95. The summed E-state index contributed by atoms with van der Waals surface area (Å²) >= 11 is 0. The van der Waals surface area contributed by atoms with Gasteiger partial charge in [-0.2, -0.15) is 0 Å². The summed E-state index contributed by atoms with van der Waals surface area (Å²) in [7, 11) is 4.27. The molecular weight excluding hydrogens is 404 g/mol. The maximum atomic E-state index is 13.1. The van der Waals surface area contributed by atoms with Gasteiger partial charge in [0.1, 0.15) is 22.6 Å². The predicted molar refractivity (Wildman–Crippen MR) is 114 cm³/mol. The summed E-state index contributed by atoms with van der Waals surface area (Å²) < 4.78 is 21.4. The molecule has 0 heterocycles. The third kappa shape index (κ3) is 5.02. The molecule has 0 bridgehead atoms. The highest BCUT2D eigenvalue weighted by Gasteiger charge is 2.28. The lowest BCUT2D eigenvalue weighted by Gasteiger charge is -2.18. The molecule has 8 heteroatoms. The Morgan fingerprint density at radius 2 is 1.42 bits per heavy atom. The Bertz CT molecular complexity index is 965. The van der Waals surface area contributed by atoms with E-state index in [4.69, 9.17) is 18.9 Å². The van der Waals surface area contributed by atoms with Gasteiger partial charge in [-0.15, -0.1) is 0 Å². The summed E-state index contributed by atoms with van der Waals surface area (Å²) in [5, 5.41) is 20.3. The van der Waals surface area contributed by atoms with Crippen LogP contribution in [0.1, 0.15) is 58.5 Å². The van der Waals surface area contributed by atoms with Crippen molar-refractivity contribution in [2.75, 3.05) is 21.3 Å². The van der Waals surface area contributed by atoms with Gasteiger partial charge in [0, 0.05) is 6.07 Å². The molecule has 0 fully saturated rings. The highest BCUT2D eigenvalue weighted by molar-refractivity contribution is 5.98. The Morgan fingerprint density at radius 3 is 1.90 bits per heavy atom. The first-order valence-corrected chi connectivity index (χ1v) is 9.95. The van der Waals surface area contributed by atoms with Crippen LogP contribution in [-0.4, -0.2) is 43.5 Å². The van der Waals surface area contributed by atoms with Crippen LogP contribution in [0.5, 0.6) is 28.7 Å². The largest absolute Gasteiger partial charge is 0.504 e. The summed E-state index contributed by atoms with van der Waals surface area (Å²) in [6.45, 7) is 3.84. The molecule has 2 aromatic carbocycles. The van der Waals surface area contributed by atoms with Crippen LogP contribution in [0.15, 0.2) is 18.2 Å². The van der Waals surface area contributed by atoms with Gasteiger partial charge >= 0.3 is 11.9 Å². The van der Waals surface area contributed by atoms with Crippen molar-refractivity contribution < 1.29 is 38.7 Å². The first kappa shape index (κ1) is 23.9. The zero-order valence-corrected chi connectivity index (χ0v) is 18.4. The molecule has 0 aliphatic carbocycles. The van der Waals surface area contributed by atoms with Crippen LogP contribution in [0.3, 0.4) is 0 Å². The number of aromatic carboxylic acids is 1. The highest BCUT2D eigenvalue weighted by atomic mass is 16.6. The number of methoxy groups -OCH3 is 3. The number of carboxylic acid groups (broad SMARTS) is 1. The second kappa shape index (κ2) is 10.6. The van der Waals surface area contributed by atoms with Crippen molar-refractivity contribution >= 4 is 11.9 Å². The van der Waals surface area contributed by atoms with Gasteiger partial charge in [0.05, 0.1) is 21.3 Å². The Labute approximate surface area is 181 Å². The van der Waals surface area contributed by atoms with Crippen LogP contribution >= 0.6 is 0 Å². The minimum atomic E-state index is -1.32. The van der Waals surface area contributed by atoms with E-state index in [9.17, 15) is 19.8 Å². The van der Waals surface area contributed by atoms with Crippen LogP contribution < -0.4 is 18.9 Å². The number of benzene rings is 2. The zero-order valence-electron chi connectivity index (χ0n) is 18.4. The molecule has 2 rings (SSSR count). The van der Waals surface area contributed by atoms with E-state index >= 15 is 0 Å². The third-order valence-corrected chi connectivity index (χ3v) is 4.79. The van der Waals surface area contributed by atoms with Gasteiger partial charge in [-0.1, -0.05) is 26.7 Å². The van der Waals surface area contributed by atoms with Crippen LogP contribution in [-0.2, 0) is 12.8 Å². The van der Waals surface area contributed by atoms with Gasteiger partial charge in [-0.3, -0.25) is 0 Å². The number of carbonyl (C=O) groups excluding carboxylic acids is 1. The lowest BCUT2D eigenvalue weighted by atomic mass is 10.00. The minimum Gasteiger partial charge on any atom is -0.504 e. The Morgan fingerprint density at radius 1 is 0.839 bits per heavy atom. The maximum Gasteiger partial charge on any atom is 0.347 e. The standard InChI is InChI=1S/C23H28O8/c1-6-8-13-10-15(28-3)12-16(29-4)18(13)23(27)31-21-17(30-5)11-14(9-7-2)19(20(21)24)22(25)26/h10-12,24H,6-9H2,1-5H3,(H,25,26). The molecule has 31 heavy (non-hydrogen) atoms. The molecule has 0 saturated carbocycles. The van der Waals surface area contributed by atoms with Crippen LogP contribution in [0.25, 0.3) is 0 Å². The fourth-order valence-corrected chi connectivity index (χ4v) is 3.40. The van der Waals surface area contributed by atoms with Gasteiger partial charge < -0.3 is 29.2 Å². The number of aryl methyl sites for hydroxylation is 2. The van der Waals surface area contributed by atoms with Crippen molar-refractivity contribution in [3.63, 3.8) is 0 Å². The van der Waals surface area contributed by atoms with E-state index in [1.165, 1.54) is 27.4 Å². The molecule has 0 radical (unpaired) electrons. The third-order valence-electron chi connectivity index (χ3n) is 4.79. The Kier molecular flexibility index (Phi) is 8.13. The monoisotopic (exact) mass is 432 g/mol. The topological polar surface area (TPSA) is 112 Å². The van der Waals surface area contributed by atoms with Crippen molar-refractivity contribution in [3.05, 3.63) is 40.5 Å². The average molecular weight is 432 g/mol. The van der Waals surface area contributed by atoms with E-state index in [-0.39, 0.29) is 28.4 Å². The maximum absolute atomic E-state index is 13.1. The molecule has 2 aromatic rings. The number of carboxylic acids is 1. The van der Waals surface area contributed by atoms with Crippen LogP contribution in [0.2, 0.25) is 0 Å². The molecule has 0 aromatic heterocycles. The number of carbonyl (C=O) groups is 2. The summed E-state index contributed by atoms with van der Waals surface area (Å²) in [6, 6.07) is 4.74. The second-order valence-electron chi connectivity index (χ2n) is 6.85.